The van der Waals surface area contributed by atoms with Gasteiger partial charge in [-0.25, -0.2) is 0 Å². The van der Waals surface area contributed by atoms with Crippen molar-refractivity contribution in [3.63, 3.8) is 0 Å². The molecule has 8 nitrogen and oxygen atoms in total. The van der Waals surface area contributed by atoms with E-state index < -0.39 is 16.1 Å². The van der Waals surface area contributed by atoms with Crippen molar-refractivity contribution in [3.8, 4) is 23.0 Å². The number of nitrogens with zero attached hydrogens (tertiary/aromatic N) is 2. The molecule has 0 fully saturated rings. The first-order valence-corrected chi connectivity index (χ1v) is 12.4. The van der Waals surface area contributed by atoms with Crippen molar-refractivity contribution in [2.75, 3.05) is 28.4 Å². The van der Waals surface area contributed by atoms with E-state index in [2.05, 4.69) is 5.10 Å². The Hall–Kier alpha value is -3.72. The quantitative estimate of drug-likeness (QED) is 0.454. The van der Waals surface area contributed by atoms with Crippen molar-refractivity contribution in [2.45, 2.75) is 24.3 Å². The van der Waals surface area contributed by atoms with Crippen molar-refractivity contribution in [2.24, 2.45) is 5.10 Å². The molecule has 0 spiro atoms. The Morgan fingerprint density at radius 1 is 0.829 bits per heavy atom. The van der Waals surface area contributed by atoms with Crippen LogP contribution in [0, 0.1) is 6.92 Å². The standard InChI is InChI=1S/C26H28N2O6S/c1-17-8-6-7-9-26(17)35(29,30)28-22(18-10-13-23(32-3)25(14-18)34-5)16-21(27-28)20-12-11-19(31-2)15-24(20)33-4/h6-15,22H,16H2,1-5H3/t22-/m0/s1. The molecule has 0 aliphatic carbocycles. The smallest absolute Gasteiger partial charge is 0.279 e. The van der Waals surface area contributed by atoms with Gasteiger partial charge in [-0.1, -0.05) is 24.3 Å². The molecule has 35 heavy (non-hydrogen) atoms. The number of methoxy groups -OCH3 is 4. The van der Waals surface area contributed by atoms with Gasteiger partial charge in [-0.05, 0) is 48.4 Å². The lowest BCUT2D eigenvalue weighted by Crippen LogP contribution is -2.28. The Labute approximate surface area is 205 Å². The molecule has 9 heteroatoms. The summed E-state index contributed by atoms with van der Waals surface area (Å²) in [6.45, 7) is 1.77. The zero-order valence-corrected chi connectivity index (χ0v) is 21.1. The van der Waals surface area contributed by atoms with Gasteiger partial charge >= 0.3 is 0 Å². The van der Waals surface area contributed by atoms with Crippen LogP contribution in [0.4, 0.5) is 0 Å². The van der Waals surface area contributed by atoms with Gasteiger partial charge in [0.25, 0.3) is 10.0 Å². The van der Waals surface area contributed by atoms with Crippen LogP contribution >= 0.6 is 0 Å². The van der Waals surface area contributed by atoms with Crippen LogP contribution in [0.15, 0.2) is 70.7 Å². The molecule has 1 atom stereocenters. The summed E-state index contributed by atoms with van der Waals surface area (Å²) >= 11 is 0. The minimum Gasteiger partial charge on any atom is -0.497 e. The second-order valence-corrected chi connectivity index (χ2v) is 9.75. The van der Waals surface area contributed by atoms with Crippen molar-refractivity contribution < 1.29 is 27.4 Å². The van der Waals surface area contributed by atoms with Gasteiger partial charge in [-0.3, -0.25) is 0 Å². The van der Waals surface area contributed by atoms with Gasteiger partial charge in [0.2, 0.25) is 0 Å². The molecule has 184 valence electrons. The zero-order chi connectivity index (χ0) is 25.2. The molecular formula is C26H28N2O6S. The van der Waals surface area contributed by atoms with E-state index in [1.807, 2.05) is 12.1 Å². The average molecular weight is 497 g/mol. The summed E-state index contributed by atoms with van der Waals surface area (Å²) in [5.74, 6) is 2.24. The van der Waals surface area contributed by atoms with E-state index in [1.165, 1.54) is 4.41 Å². The number of hydrogen-bond acceptors (Lipinski definition) is 7. The molecule has 0 radical (unpaired) electrons. The molecule has 0 N–H and O–H groups in total. The molecule has 4 rings (SSSR count). The summed E-state index contributed by atoms with van der Waals surface area (Å²) in [4.78, 5) is 0.206. The van der Waals surface area contributed by atoms with E-state index in [9.17, 15) is 8.42 Å². The summed E-state index contributed by atoms with van der Waals surface area (Å²) in [5, 5.41) is 4.64. The molecule has 1 aliphatic rings. The van der Waals surface area contributed by atoms with E-state index >= 15 is 0 Å². The first kappa shape index (κ1) is 24.4. The van der Waals surface area contributed by atoms with Crippen molar-refractivity contribution in [1.82, 2.24) is 4.41 Å². The molecule has 0 aromatic heterocycles. The molecule has 0 bridgehead atoms. The fourth-order valence-electron chi connectivity index (χ4n) is 4.16. The van der Waals surface area contributed by atoms with Gasteiger partial charge in [0.1, 0.15) is 11.5 Å². The second-order valence-electron chi connectivity index (χ2n) is 7.99. The Morgan fingerprint density at radius 3 is 2.20 bits per heavy atom. The molecule has 0 amide bonds. The van der Waals surface area contributed by atoms with Crippen molar-refractivity contribution >= 4 is 15.7 Å². The largest absolute Gasteiger partial charge is 0.497 e. The topological polar surface area (TPSA) is 86.7 Å². The highest BCUT2D eigenvalue weighted by Gasteiger charge is 2.39. The molecular weight excluding hydrogens is 468 g/mol. The van der Waals surface area contributed by atoms with E-state index in [0.717, 1.165) is 5.56 Å². The fraction of sp³-hybridized carbons (Fsp3) is 0.269. The van der Waals surface area contributed by atoms with Crippen LogP contribution in [0.25, 0.3) is 0 Å². The Morgan fingerprint density at radius 2 is 1.54 bits per heavy atom. The van der Waals surface area contributed by atoms with Crippen molar-refractivity contribution in [1.29, 1.82) is 0 Å². The van der Waals surface area contributed by atoms with E-state index in [-0.39, 0.29) is 4.90 Å². The van der Waals surface area contributed by atoms with Gasteiger partial charge < -0.3 is 18.9 Å². The van der Waals surface area contributed by atoms with E-state index in [4.69, 9.17) is 18.9 Å². The third-order valence-corrected chi connectivity index (χ3v) is 7.84. The lowest BCUT2D eigenvalue weighted by atomic mass is 9.98. The van der Waals surface area contributed by atoms with Gasteiger partial charge in [-0.15, -0.1) is 0 Å². The van der Waals surface area contributed by atoms with Gasteiger partial charge in [0.05, 0.1) is 45.1 Å². The van der Waals surface area contributed by atoms with Crippen LogP contribution in [-0.2, 0) is 10.0 Å². The van der Waals surface area contributed by atoms with Crippen LogP contribution in [0.2, 0.25) is 0 Å². The normalized spacial score (nSPS) is 15.5. The summed E-state index contributed by atoms with van der Waals surface area (Å²) in [6.07, 6.45) is 0.337. The third-order valence-electron chi connectivity index (χ3n) is 6.00. The van der Waals surface area contributed by atoms with E-state index in [1.54, 1.807) is 83.9 Å². The van der Waals surface area contributed by atoms with Crippen LogP contribution in [0.1, 0.15) is 29.2 Å². The second kappa shape index (κ2) is 9.87. The molecule has 0 saturated heterocycles. The summed E-state index contributed by atoms with van der Waals surface area (Å²) in [5.41, 5.74) is 2.65. The highest BCUT2D eigenvalue weighted by Crippen LogP contribution is 2.41. The number of hydrogen-bond donors (Lipinski definition) is 0. The predicted molar refractivity (Wildman–Crippen MR) is 133 cm³/mol. The molecule has 3 aromatic carbocycles. The minimum absolute atomic E-state index is 0.206. The Balaban J connectivity index is 1.86. The number of sulfonamides is 1. The number of ether oxygens (including phenoxy) is 4. The number of rotatable bonds is 8. The first-order chi connectivity index (χ1) is 16.8. The van der Waals surface area contributed by atoms with Crippen LogP contribution in [0.3, 0.4) is 0 Å². The predicted octanol–water partition coefficient (Wildman–Crippen LogP) is 4.57. The van der Waals surface area contributed by atoms with Gasteiger partial charge in [0, 0.05) is 18.1 Å². The summed E-state index contributed by atoms with van der Waals surface area (Å²) < 4.78 is 50.6. The highest BCUT2D eigenvalue weighted by atomic mass is 32.2. The summed E-state index contributed by atoms with van der Waals surface area (Å²) in [7, 11) is 2.26. The van der Waals surface area contributed by atoms with Crippen molar-refractivity contribution in [3.05, 3.63) is 77.4 Å². The molecule has 0 unspecified atom stereocenters. The highest BCUT2D eigenvalue weighted by molar-refractivity contribution is 7.89. The SMILES string of the molecule is COc1ccc(C2=NN(S(=O)(=O)c3ccccc3C)[C@H](c3ccc(OC)c(OC)c3)C2)c(OC)c1. The lowest BCUT2D eigenvalue weighted by Gasteiger charge is -2.24. The maximum absolute atomic E-state index is 13.9. The monoisotopic (exact) mass is 496 g/mol. The number of hydrazone groups is 1. The maximum Gasteiger partial charge on any atom is 0.279 e. The minimum atomic E-state index is -3.97. The molecule has 1 heterocycles. The maximum atomic E-state index is 13.9. The van der Waals surface area contributed by atoms with Crippen LogP contribution in [-0.4, -0.2) is 47.0 Å². The van der Waals surface area contributed by atoms with Crippen LogP contribution < -0.4 is 18.9 Å². The average Bonchev–Trinajstić information content (AvgIpc) is 3.34. The molecule has 0 saturated carbocycles. The van der Waals surface area contributed by atoms with Crippen LogP contribution in [0.5, 0.6) is 23.0 Å². The molecule has 1 aliphatic heterocycles. The number of aryl methyl sites for hydroxylation is 1. The fourth-order valence-corrected chi connectivity index (χ4v) is 5.83. The Kier molecular flexibility index (Phi) is 6.88. The van der Waals surface area contributed by atoms with Gasteiger partial charge in [0.15, 0.2) is 11.5 Å². The van der Waals surface area contributed by atoms with Gasteiger partial charge in [-0.2, -0.15) is 17.9 Å². The third kappa shape index (κ3) is 4.51. The Bertz CT molecular complexity index is 1370. The summed E-state index contributed by atoms with van der Waals surface area (Å²) in [6, 6.07) is 17.0. The zero-order valence-electron chi connectivity index (χ0n) is 20.3. The molecule has 3 aromatic rings. The first-order valence-electron chi connectivity index (χ1n) is 11.0. The number of benzene rings is 3. The lowest BCUT2D eigenvalue weighted by molar-refractivity contribution is 0.348. The van der Waals surface area contributed by atoms with E-state index in [0.29, 0.717) is 46.3 Å².